The van der Waals surface area contributed by atoms with Gasteiger partial charge in [0.25, 0.3) is 0 Å². The Bertz CT molecular complexity index is 355. The number of carbonyl (C=O) groups is 1. The molecule has 82 valence electrons. The third-order valence-corrected chi connectivity index (χ3v) is 2.18. The van der Waals surface area contributed by atoms with Gasteiger partial charge in [-0.05, 0) is 18.2 Å². The van der Waals surface area contributed by atoms with Crippen LogP contribution in [0.5, 0.6) is 5.75 Å². The van der Waals surface area contributed by atoms with Crippen molar-refractivity contribution in [2.45, 2.75) is 6.42 Å². The van der Waals surface area contributed by atoms with Crippen molar-refractivity contribution < 1.29 is 18.7 Å². The maximum absolute atomic E-state index is 13.2. The number of rotatable bonds is 4. The van der Waals surface area contributed by atoms with Crippen molar-refractivity contribution in [1.82, 2.24) is 0 Å². The van der Waals surface area contributed by atoms with E-state index in [2.05, 4.69) is 20.7 Å². The molecule has 0 saturated heterocycles. The van der Waals surface area contributed by atoms with Gasteiger partial charge in [-0.15, -0.1) is 0 Å². The highest BCUT2D eigenvalue weighted by molar-refractivity contribution is 9.10. The third kappa shape index (κ3) is 3.87. The molecular formula is C10H10BrFO3. The Morgan fingerprint density at radius 3 is 2.87 bits per heavy atom. The van der Waals surface area contributed by atoms with Crippen molar-refractivity contribution in [3.63, 3.8) is 0 Å². The SMILES string of the molecule is COC(=O)CCOc1ccc(Br)cc1F. The van der Waals surface area contributed by atoms with Gasteiger partial charge in [-0.3, -0.25) is 4.79 Å². The lowest BCUT2D eigenvalue weighted by atomic mass is 10.3. The Labute approximate surface area is 95.3 Å². The number of hydrogen-bond acceptors (Lipinski definition) is 3. The minimum Gasteiger partial charge on any atom is -0.490 e. The summed E-state index contributed by atoms with van der Waals surface area (Å²) >= 11 is 3.13. The summed E-state index contributed by atoms with van der Waals surface area (Å²) in [5.74, 6) is -0.719. The number of esters is 1. The van der Waals surface area contributed by atoms with E-state index in [4.69, 9.17) is 4.74 Å². The van der Waals surface area contributed by atoms with Crippen LogP contribution in [0, 0.1) is 5.82 Å². The van der Waals surface area contributed by atoms with E-state index in [1.807, 2.05) is 0 Å². The van der Waals surface area contributed by atoms with Crippen molar-refractivity contribution in [2.75, 3.05) is 13.7 Å². The molecule has 1 aromatic rings. The Morgan fingerprint density at radius 1 is 1.53 bits per heavy atom. The zero-order valence-electron chi connectivity index (χ0n) is 8.13. The molecule has 1 rings (SSSR count). The molecule has 0 saturated carbocycles. The largest absolute Gasteiger partial charge is 0.490 e. The summed E-state index contributed by atoms with van der Waals surface area (Å²) < 4.78 is 23.3. The normalized spacial score (nSPS) is 9.80. The second kappa shape index (κ2) is 5.70. The Hall–Kier alpha value is -1.10. The second-order valence-corrected chi connectivity index (χ2v) is 3.67. The molecule has 15 heavy (non-hydrogen) atoms. The van der Waals surface area contributed by atoms with E-state index < -0.39 is 5.82 Å². The Kier molecular flexibility index (Phi) is 4.55. The smallest absolute Gasteiger partial charge is 0.308 e. The van der Waals surface area contributed by atoms with E-state index in [-0.39, 0.29) is 24.7 Å². The minimum absolute atomic E-state index is 0.102. The van der Waals surface area contributed by atoms with Gasteiger partial charge in [-0.25, -0.2) is 4.39 Å². The molecule has 0 radical (unpaired) electrons. The molecule has 0 fully saturated rings. The molecular weight excluding hydrogens is 267 g/mol. The first-order valence-electron chi connectivity index (χ1n) is 4.28. The summed E-state index contributed by atoms with van der Waals surface area (Å²) in [5.41, 5.74) is 0. The first-order valence-corrected chi connectivity index (χ1v) is 5.07. The summed E-state index contributed by atoms with van der Waals surface area (Å²) in [4.78, 5) is 10.7. The molecule has 0 spiro atoms. The van der Waals surface area contributed by atoms with Crippen molar-refractivity contribution in [1.29, 1.82) is 0 Å². The fourth-order valence-corrected chi connectivity index (χ4v) is 1.27. The third-order valence-electron chi connectivity index (χ3n) is 1.69. The molecule has 0 bridgehead atoms. The van der Waals surface area contributed by atoms with Gasteiger partial charge in [-0.2, -0.15) is 0 Å². The molecule has 3 nitrogen and oxygen atoms in total. The first-order chi connectivity index (χ1) is 7.13. The van der Waals surface area contributed by atoms with Crippen LogP contribution in [0.2, 0.25) is 0 Å². The van der Waals surface area contributed by atoms with Crippen LogP contribution in [-0.2, 0) is 9.53 Å². The van der Waals surface area contributed by atoms with E-state index in [0.29, 0.717) is 4.47 Å². The van der Waals surface area contributed by atoms with Gasteiger partial charge in [0, 0.05) is 4.47 Å². The van der Waals surface area contributed by atoms with E-state index in [0.717, 1.165) is 0 Å². The van der Waals surface area contributed by atoms with E-state index >= 15 is 0 Å². The maximum Gasteiger partial charge on any atom is 0.308 e. The van der Waals surface area contributed by atoms with E-state index in [1.54, 1.807) is 6.07 Å². The van der Waals surface area contributed by atoms with Crippen molar-refractivity contribution >= 4 is 21.9 Å². The molecule has 5 heteroatoms. The molecule has 0 unspecified atom stereocenters. The standard InChI is InChI=1S/C10H10BrFO3/c1-14-10(13)4-5-15-9-3-2-7(11)6-8(9)12/h2-3,6H,4-5H2,1H3. The predicted molar refractivity (Wildman–Crippen MR) is 56.2 cm³/mol. The fourth-order valence-electron chi connectivity index (χ4n) is 0.939. The molecule has 0 heterocycles. The van der Waals surface area contributed by atoms with Crippen LogP contribution < -0.4 is 4.74 Å². The Balaban J connectivity index is 2.47. The van der Waals surface area contributed by atoms with Crippen LogP contribution >= 0.6 is 15.9 Å². The molecule has 0 aliphatic heterocycles. The number of carbonyl (C=O) groups excluding carboxylic acids is 1. The van der Waals surface area contributed by atoms with Crippen LogP contribution in [0.25, 0.3) is 0 Å². The number of benzene rings is 1. The quantitative estimate of drug-likeness (QED) is 0.793. The summed E-state index contributed by atoms with van der Waals surface area (Å²) in [7, 11) is 1.29. The topological polar surface area (TPSA) is 35.5 Å². The van der Waals surface area contributed by atoms with Crippen LogP contribution in [0.1, 0.15) is 6.42 Å². The second-order valence-electron chi connectivity index (χ2n) is 2.75. The lowest BCUT2D eigenvalue weighted by molar-refractivity contribution is -0.141. The summed E-state index contributed by atoms with van der Waals surface area (Å²) in [6, 6.07) is 4.46. The van der Waals surface area contributed by atoms with Crippen molar-refractivity contribution in [3.8, 4) is 5.75 Å². The van der Waals surface area contributed by atoms with Gasteiger partial charge in [0.05, 0.1) is 20.1 Å². The van der Waals surface area contributed by atoms with Crippen LogP contribution in [0.4, 0.5) is 4.39 Å². The summed E-state index contributed by atoms with van der Waals surface area (Å²) in [5, 5.41) is 0. The number of methoxy groups -OCH3 is 1. The molecule has 0 amide bonds. The average Bonchev–Trinajstić information content (AvgIpc) is 2.21. The number of halogens is 2. The van der Waals surface area contributed by atoms with Crippen molar-refractivity contribution in [2.24, 2.45) is 0 Å². The van der Waals surface area contributed by atoms with Gasteiger partial charge >= 0.3 is 5.97 Å². The molecule has 0 aliphatic carbocycles. The Morgan fingerprint density at radius 2 is 2.27 bits per heavy atom. The lowest BCUT2D eigenvalue weighted by Gasteiger charge is -2.06. The first kappa shape index (κ1) is 12.0. The van der Waals surface area contributed by atoms with Gasteiger partial charge in [0.15, 0.2) is 11.6 Å². The highest BCUT2D eigenvalue weighted by Crippen LogP contribution is 2.21. The molecule has 0 aliphatic rings. The fraction of sp³-hybridized carbons (Fsp3) is 0.300. The molecule has 1 aromatic carbocycles. The van der Waals surface area contributed by atoms with Gasteiger partial charge in [0.1, 0.15) is 0 Å². The van der Waals surface area contributed by atoms with Gasteiger partial charge < -0.3 is 9.47 Å². The monoisotopic (exact) mass is 276 g/mol. The lowest BCUT2D eigenvalue weighted by Crippen LogP contribution is -2.08. The average molecular weight is 277 g/mol. The van der Waals surface area contributed by atoms with Crippen LogP contribution in [-0.4, -0.2) is 19.7 Å². The zero-order valence-corrected chi connectivity index (χ0v) is 9.71. The van der Waals surface area contributed by atoms with Gasteiger partial charge in [-0.1, -0.05) is 15.9 Å². The molecule has 0 atom stereocenters. The number of hydrogen-bond donors (Lipinski definition) is 0. The van der Waals surface area contributed by atoms with Crippen LogP contribution in [0.3, 0.4) is 0 Å². The summed E-state index contributed by atoms with van der Waals surface area (Å²) in [6.07, 6.45) is 0.103. The zero-order chi connectivity index (χ0) is 11.3. The minimum atomic E-state index is -0.464. The van der Waals surface area contributed by atoms with Gasteiger partial charge in [0.2, 0.25) is 0 Å². The van der Waals surface area contributed by atoms with E-state index in [9.17, 15) is 9.18 Å². The predicted octanol–water partition coefficient (Wildman–Crippen LogP) is 2.53. The number of ether oxygens (including phenoxy) is 2. The molecule has 0 N–H and O–H groups in total. The highest BCUT2D eigenvalue weighted by atomic mass is 79.9. The maximum atomic E-state index is 13.2. The van der Waals surface area contributed by atoms with Crippen molar-refractivity contribution in [3.05, 3.63) is 28.5 Å². The highest BCUT2D eigenvalue weighted by Gasteiger charge is 2.05. The van der Waals surface area contributed by atoms with Crippen LogP contribution in [0.15, 0.2) is 22.7 Å². The van der Waals surface area contributed by atoms with E-state index in [1.165, 1.54) is 19.2 Å². The summed E-state index contributed by atoms with van der Waals surface area (Å²) in [6.45, 7) is 0.102. The molecule has 0 aromatic heterocycles.